The molecule has 1 aliphatic heterocycles. The quantitative estimate of drug-likeness (QED) is 0.660. The normalized spacial score (nSPS) is 14.0. The minimum atomic E-state index is -0.371. The van der Waals surface area contributed by atoms with Gasteiger partial charge in [0.05, 0.1) is 29.7 Å². The highest BCUT2D eigenvalue weighted by molar-refractivity contribution is 6.36. The van der Waals surface area contributed by atoms with Gasteiger partial charge in [0.15, 0.2) is 0 Å². The third-order valence-corrected chi connectivity index (χ3v) is 4.99. The van der Waals surface area contributed by atoms with Crippen molar-refractivity contribution in [2.24, 2.45) is 0 Å². The zero-order valence-corrected chi connectivity index (χ0v) is 15.2. The zero-order chi connectivity index (χ0) is 18.3. The first-order chi connectivity index (χ1) is 12.6. The molecule has 1 aliphatic rings. The maximum Gasteiger partial charge on any atom is 0.354 e. The van der Waals surface area contributed by atoms with Crippen molar-refractivity contribution < 1.29 is 9.53 Å². The summed E-state index contributed by atoms with van der Waals surface area (Å²) < 4.78 is 6.81. The van der Waals surface area contributed by atoms with Gasteiger partial charge in [-0.3, -0.25) is 0 Å². The molecule has 132 valence electrons. The minimum Gasteiger partial charge on any atom is -0.464 e. The fraction of sp³-hybridized carbons (Fsp3) is 0.211. The molecule has 4 rings (SSSR count). The molecular weight excluding hydrogens is 352 g/mol. The first-order valence-electron chi connectivity index (χ1n) is 8.24. The number of imidazole rings is 1. The summed E-state index contributed by atoms with van der Waals surface area (Å²) in [4.78, 5) is 22.9. The summed E-state index contributed by atoms with van der Waals surface area (Å²) in [6.45, 7) is 2.61. The number of carbonyl (C=O) groups is 1. The van der Waals surface area contributed by atoms with Gasteiger partial charge in [-0.1, -0.05) is 29.8 Å². The monoisotopic (exact) mass is 368 g/mol. The molecule has 0 N–H and O–H groups in total. The number of aryl methyl sites for hydroxylation is 1. The number of aromatic nitrogens is 3. The van der Waals surface area contributed by atoms with Crippen LogP contribution in [0.15, 0.2) is 48.7 Å². The summed E-state index contributed by atoms with van der Waals surface area (Å²) in [5, 5.41) is 1.53. The van der Waals surface area contributed by atoms with Crippen LogP contribution in [0.25, 0.3) is 16.6 Å². The van der Waals surface area contributed by atoms with Crippen LogP contribution < -0.4 is 4.90 Å². The summed E-state index contributed by atoms with van der Waals surface area (Å²) in [6.07, 6.45) is 7.94. The largest absolute Gasteiger partial charge is 0.464 e. The molecule has 0 bridgehead atoms. The van der Waals surface area contributed by atoms with E-state index in [9.17, 15) is 4.79 Å². The second kappa shape index (κ2) is 6.46. The van der Waals surface area contributed by atoms with Crippen LogP contribution in [0.3, 0.4) is 0 Å². The number of anilines is 1. The molecule has 0 saturated heterocycles. The third kappa shape index (κ3) is 2.63. The molecule has 3 heterocycles. The van der Waals surface area contributed by atoms with Crippen LogP contribution in [0.2, 0.25) is 5.02 Å². The van der Waals surface area contributed by atoms with E-state index in [1.54, 1.807) is 12.5 Å². The van der Waals surface area contributed by atoms with Crippen molar-refractivity contribution in [1.29, 1.82) is 0 Å². The van der Waals surface area contributed by atoms with E-state index in [2.05, 4.69) is 4.98 Å². The van der Waals surface area contributed by atoms with Crippen molar-refractivity contribution in [2.75, 3.05) is 18.6 Å². The predicted molar refractivity (Wildman–Crippen MR) is 101 cm³/mol. The van der Waals surface area contributed by atoms with Crippen molar-refractivity contribution in [2.45, 2.75) is 13.3 Å². The van der Waals surface area contributed by atoms with Crippen LogP contribution >= 0.6 is 11.6 Å². The van der Waals surface area contributed by atoms with Gasteiger partial charge in [0.25, 0.3) is 0 Å². The maximum atomic E-state index is 12.1. The van der Waals surface area contributed by atoms with Crippen molar-refractivity contribution in [3.63, 3.8) is 0 Å². The number of nitrogens with zero attached hydrogens (tertiary/aromatic N) is 4. The Morgan fingerprint density at radius 3 is 2.92 bits per heavy atom. The molecule has 0 amide bonds. The van der Waals surface area contributed by atoms with Gasteiger partial charge in [0.1, 0.15) is 11.5 Å². The van der Waals surface area contributed by atoms with E-state index in [4.69, 9.17) is 21.3 Å². The van der Waals surface area contributed by atoms with Gasteiger partial charge in [-0.2, -0.15) is 0 Å². The summed E-state index contributed by atoms with van der Waals surface area (Å²) in [6, 6.07) is 5.92. The number of hydrogen-bond donors (Lipinski definition) is 0. The van der Waals surface area contributed by atoms with Gasteiger partial charge < -0.3 is 14.2 Å². The van der Waals surface area contributed by atoms with Crippen molar-refractivity contribution in [3.8, 4) is 5.69 Å². The fourth-order valence-electron chi connectivity index (χ4n) is 3.18. The molecule has 0 fully saturated rings. The molecule has 0 atom stereocenters. The maximum absolute atomic E-state index is 12.1. The molecule has 1 aromatic carbocycles. The molecule has 2 aromatic heterocycles. The van der Waals surface area contributed by atoms with Crippen LogP contribution in [-0.2, 0) is 9.53 Å². The lowest BCUT2D eigenvalue weighted by molar-refractivity contribution is -0.136. The lowest BCUT2D eigenvalue weighted by atomic mass is 10.1. The van der Waals surface area contributed by atoms with E-state index in [-0.39, 0.29) is 5.97 Å². The van der Waals surface area contributed by atoms with Gasteiger partial charge in [-0.25, -0.2) is 14.8 Å². The Labute approximate surface area is 155 Å². The van der Waals surface area contributed by atoms with E-state index in [1.165, 1.54) is 7.11 Å². The zero-order valence-electron chi connectivity index (χ0n) is 14.4. The number of carbonyl (C=O) groups excluding carboxylic acids is 1. The Morgan fingerprint density at radius 1 is 1.35 bits per heavy atom. The lowest BCUT2D eigenvalue weighted by Gasteiger charge is -2.22. The average molecular weight is 369 g/mol. The van der Waals surface area contributed by atoms with Gasteiger partial charge >= 0.3 is 5.97 Å². The van der Waals surface area contributed by atoms with Crippen LogP contribution in [-0.4, -0.2) is 34.2 Å². The molecule has 3 aromatic rings. The molecule has 0 spiro atoms. The highest BCUT2D eigenvalue weighted by atomic mass is 35.5. The third-order valence-electron chi connectivity index (χ3n) is 4.51. The fourth-order valence-corrected chi connectivity index (χ4v) is 3.39. The van der Waals surface area contributed by atoms with E-state index in [0.717, 1.165) is 23.1 Å². The number of esters is 1. The Hall–Kier alpha value is -2.86. The minimum absolute atomic E-state index is 0.371. The van der Waals surface area contributed by atoms with Crippen LogP contribution in [0, 0.1) is 6.92 Å². The highest BCUT2D eigenvalue weighted by Gasteiger charge is 2.26. The molecule has 6 nitrogen and oxygen atoms in total. The number of hydrogen-bond acceptors (Lipinski definition) is 5. The van der Waals surface area contributed by atoms with E-state index >= 15 is 0 Å². The molecule has 26 heavy (non-hydrogen) atoms. The summed E-state index contributed by atoms with van der Waals surface area (Å²) in [5.41, 5.74) is 3.05. The number of fused-ring (bicyclic) bond motifs is 1. The van der Waals surface area contributed by atoms with E-state index in [1.807, 2.05) is 46.9 Å². The van der Waals surface area contributed by atoms with Crippen LogP contribution in [0.4, 0.5) is 5.82 Å². The molecule has 0 radical (unpaired) electrons. The highest BCUT2D eigenvalue weighted by Crippen LogP contribution is 2.34. The van der Waals surface area contributed by atoms with Gasteiger partial charge in [0, 0.05) is 30.4 Å². The van der Waals surface area contributed by atoms with Crippen LogP contribution in [0.1, 0.15) is 12.0 Å². The molecule has 0 unspecified atom stereocenters. The summed E-state index contributed by atoms with van der Waals surface area (Å²) >= 11 is 6.55. The SMILES string of the molecule is COC(=O)C1=CCCN1c1cc(-n2ccnc2)c2ccc(C)c(Cl)c2n1. The summed E-state index contributed by atoms with van der Waals surface area (Å²) in [7, 11) is 1.38. The molecule has 7 heteroatoms. The number of halogens is 1. The van der Waals surface area contributed by atoms with Crippen molar-refractivity contribution >= 4 is 34.3 Å². The second-order valence-corrected chi connectivity index (χ2v) is 6.46. The van der Waals surface area contributed by atoms with Crippen LogP contribution in [0.5, 0.6) is 0 Å². The Balaban J connectivity index is 1.95. The average Bonchev–Trinajstić information content (AvgIpc) is 3.35. The van der Waals surface area contributed by atoms with Gasteiger partial charge in [-0.05, 0) is 18.9 Å². The van der Waals surface area contributed by atoms with Crippen molar-refractivity contribution in [3.05, 3.63) is 59.3 Å². The topological polar surface area (TPSA) is 60.2 Å². The second-order valence-electron chi connectivity index (χ2n) is 6.08. The van der Waals surface area contributed by atoms with Gasteiger partial charge in [0.2, 0.25) is 0 Å². The van der Waals surface area contributed by atoms with E-state index in [0.29, 0.717) is 28.6 Å². The first-order valence-corrected chi connectivity index (χ1v) is 8.62. The molecule has 0 aliphatic carbocycles. The Bertz CT molecular complexity index is 1030. The van der Waals surface area contributed by atoms with E-state index < -0.39 is 0 Å². The lowest BCUT2D eigenvalue weighted by Crippen LogP contribution is -2.25. The number of methoxy groups -OCH3 is 1. The first kappa shape index (κ1) is 16.6. The Morgan fingerprint density at radius 2 is 2.19 bits per heavy atom. The Kier molecular flexibility index (Phi) is 4.12. The predicted octanol–water partition coefficient (Wildman–Crippen LogP) is 3.65. The number of pyridine rings is 1. The smallest absolute Gasteiger partial charge is 0.354 e. The number of rotatable bonds is 3. The molecule has 0 saturated carbocycles. The summed E-state index contributed by atoms with van der Waals surface area (Å²) in [5.74, 6) is 0.284. The number of ether oxygens (including phenoxy) is 1. The number of benzene rings is 1. The van der Waals surface area contributed by atoms with Crippen molar-refractivity contribution in [1.82, 2.24) is 14.5 Å². The molecular formula is C19H17ClN4O2. The standard InChI is InChI=1S/C19H17ClN4O2/c1-12-5-6-13-15(23-9-7-21-11-23)10-16(22-18(13)17(12)20)24-8-3-4-14(24)19(25)26-2/h4-7,9-11H,3,8H2,1-2H3. The van der Waals surface area contributed by atoms with Gasteiger partial charge in [-0.15, -0.1) is 0 Å².